The molecule has 10 nitrogen and oxygen atoms in total. The van der Waals surface area contributed by atoms with Crippen molar-refractivity contribution in [2.75, 3.05) is 6.54 Å². The normalized spacial score (nSPS) is 14.0. The molecule has 0 unspecified atom stereocenters. The molecule has 2 aromatic rings. The van der Waals surface area contributed by atoms with Crippen molar-refractivity contribution in [2.24, 2.45) is 0 Å². The molecule has 1 aliphatic rings. The number of benzene rings is 1. The summed E-state index contributed by atoms with van der Waals surface area (Å²) < 4.78 is 0.762. The van der Waals surface area contributed by atoms with Gasteiger partial charge in [-0.3, -0.25) is 19.2 Å². The second-order valence-electron chi connectivity index (χ2n) is 8.22. The van der Waals surface area contributed by atoms with Gasteiger partial charge in [-0.15, -0.1) is 0 Å². The number of carboxylic acids is 1. The highest BCUT2D eigenvalue weighted by molar-refractivity contribution is 6.05. The monoisotopic (exact) mass is 457 g/mol. The molecule has 3 rings (SSSR count). The van der Waals surface area contributed by atoms with Crippen LogP contribution in [0.2, 0.25) is 0 Å². The van der Waals surface area contributed by atoms with Crippen LogP contribution in [0.4, 0.5) is 0 Å². The number of aromatic nitrogens is 1. The maximum Gasteiger partial charge on any atom is 0.322 e. The first-order valence-electron chi connectivity index (χ1n) is 10.7. The van der Waals surface area contributed by atoms with E-state index in [0.717, 1.165) is 47.8 Å². The number of pyridine rings is 1. The first kappa shape index (κ1) is 23.8. The Hall–Kier alpha value is -3.82. The molecule has 10 heteroatoms. The van der Waals surface area contributed by atoms with E-state index in [2.05, 4.69) is 5.32 Å². The first-order valence-corrected chi connectivity index (χ1v) is 10.7. The smallest absolute Gasteiger partial charge is 0.322 e. The number of nitrogens with zero attached hydrogens (tertiary/aromatic N) is 1. The molecular weight excluding hydrogens is 430 g/mol. The number of aryl methyl sites for hydroxylation is 2. The van der Waals surface area contributed by atoms with E-state index < -0.39 is 52.6 Å². The number of aliphatic carboxylic acids is 1. The summed E-state index contributed by atoms with van der Waals surface area (Å²) in [6.45, 7) is 2.86. The van der Waals surface area contributed by atoms with Gasteiger partial charge in [-0.1, -0.05) is 25.3 Å². The molecule has 1 fully saturated rings. The highest BCUT2D eigenvalue weighted by atomic mass is 16.4. The minimum atomic E-state index is -1.35. The number of hydrogen-bond acceptors (Lipinski definition) is 6. The molecule has 0 aliphatic heterocycles. The van der Waals surface area contributed by atoms with Gasteiger partial charge in [0, 0.05) is 6.04 Å². The van der Waals surface area contributed by atoms with Gasteiger partial charge >= 0.3 is 5.97 Å². The molecule has 0 atom stereocenters. The van der Waals surface area contributed by atoms with E-state index in [1.807, 2.05) is 12.2 Å². The molecule has 33 heavy (non-hydrogen) atoms. The lowest BCUT2D eigenvalue weighted by Crippen LogP contribution is -2.40. The third kappa shape index (κ3) is 5.00. The molecule has 1 aromatic heterocycles. The largest absolute Gasteiger partial charge is 0.506 e. The molecule has 0 spiro atoms. The van der Waals surface area contributed by atoms with Crippen molar-refractivity contribution in [3.63, 3.8) is 0 Å². The summed E-state index contributed by atoms with van der Waals surface area (Å²) in [6.07, 6.45) is 4.33. The summed E-state index contributed by atoms with van der Waals surface area (Å²) in [5, 5.41) is 35.1. The second kappa shape index (κ2) is 9.76. The van der Waals surface area contributed by atoms with Gasteiger partial charge in [0.2, 0.25) is 5.88 Å². The Kier molecular flexibility index (Phi) is 7.05. The molecular formula is C23H27N3O7. The van der Waals surface area contributed by atoms with Gasteiger partial charge in [0.15, 0.2) is 5.75 Å². The minimum absolute atomic E-state index is 0.180. The number of aromatic hydroxyl groups is 2. The summed E-state index contributed by atoms with van der Waals surface area (Å²) in [6, 6.07) is 4.64. The van der Waals surface area contributed by atoms with E-state index in [4.69, 9.17) is 5.11 Å². The Bertz CT molecular complexity index is 1160. The number of nitrogens with one attached hydrogen (secondary N) is 2. The molecule has 1 aromatic carbocycles. The van der Waals surface area contributed by atoms with E-state index in [1.54, 1.807) is 19.1 Å². The predicted molar refractivity (Wildman–Crippen MR) is 119 cm³/mol. The van der Waals surface area contributed by atoms with E-state index >= 15 is 0 Å². The van der Waals surface area contributed by atoms with Gasteiger partial charge in [-0.25, -0.2) is 4.57 Å². The van der Waals surface area contributed by atoms with Gasteiger partial charge in [0.25, 0.3) is 17.4 Å². The third-order valence-corrected chi connectivity index (χ3v) is 5.87. The van der Waals surface area contributed by atoms with Crippen LogP contribution < -0.4 is 16.2 Å². The number of rotatable bonds is 6. The van der Waals surface area contributed by atoms with Crippen LogP contribution in [0.15, 0.2) is 23.0 Å². The standard InChI is InChI=1S/C23H27N3O7/c1-12-8-9-15(10-13(12)2)26-22(32)17(20(30)24-11-16(27)28)19(29)18(23(26)33)21(31)25-14-6-4-3-5-7-14/h8-10,14,29,32H,3-7,11H2,1-2H3,(H,24,30)(H,25,31)(H,27,28). The first-order chi connectivity index (χ1) is 15.6. The van der Waals surface area contributed by atoms with Crippen LogP contribution in [0.25, 0.3) is 5.69 Å². The molecule has 1 aliphatic carbocycles. The molecule has 0 radical (unpaired) electrons. The topological polar surface area (TPSA) is 158 Å². The molecule has 1 heterocycles. The fourth-order valence-electron chi connectivity index (χ4n) is 3.92. The summed E-state index contributed by atoms with van der Waals surface area (Å²) in [5.74, 6) is -5.27. The van der Waals surface area contributed by atoms with Crippen molar-refractivity contribution in [3.05, 3.63) is 50.8 Å². The lowest BCUT2D eigenvalue weighted by atomic mass is 9.95. The van der Waals surface area contributed by atoms with Crippen LogP contribution in [0.1, 0.15) is 63.9 Å². The average molecular weight is 457 g/mol. The second-order valence-corrected chi connectivity index (χ2v) is 8.22. The number of carboxylic acid groups (broad SMARTS) is 1. The Morgan fingerprint density at radius 2 is 1.67 bits per heavy atom. The molecule has 176 valence electrons. The van der Waals surface area contributed by atoms with Crippen LogP contribution in [-0.4, -0.2) is 50.3 Å². The quantitative estimate of drug-likeness (QED) is 0.442. The van der Waals surface area contributed by atoms with Crippen molar-refractivity contribution >= 4 is 17.8 Å². The number of carbonyl (C=O) groups is 3. The maximum absolute atomic E-state index is 13.3. The third-order valence-electron chi connectivity index (χ3n) is 5.87. The minimum Gasteiger partial charge on any atom is -0.506 e. The zero-order chi connectivity index (χ0) is 24.3. The Morgan fingerprint density at radius 3 is 2.27 bits per heavy atom. The predicted octanol–water partition coefficient (Wildman–Crippen LogP) is 1.74. The fourth-order valence-corrected chi connectivity index (χ4v) is 3.92. The van der Waals surface area contributed by atoms with Gasteiger partial charge in [0.05, 0.1) is 5.69 Å². The molecule has 1 saturated carbocycles. The number of carbonyl (C=O) groups excluding carboxylic acids is 2. The van der Waals surface area contributed by atoms with Crippen molar-refractivity contribution < 1.29 is 29.7 Å². The maximum atomic E-state index is 13.3. The van der Waals surface area contributed by atoms with Crippen LogP contribution in [0.3, 0.4) is 0 Å². The molecule has 2 amide bonds. The van der Waals surface area contributed by atoms with E-state index in [9.17, 15) is 29.4 Å². The molecule has 0 saturated heterocycles. The van der Waals surface area contributed by atoms with Crippen LogP contribution in [0, 0.1) is 13.8 Å². The number of amides is 2. The highest BCUT2D eigenvalue weighted by Gasteiger charge is 2.31. The fraction of sp³-hybridized carbons (Fsp3) is 0.391. The van der Waals surface area contributed by atoms with E-state index in [-0.39, 0.29) is 11.7 Å². The summed E-state index contributed by atoms with van der Waals surface area (Å²) >= 11 is 0. The van der Waals surface area contributed by atoms with Crippen molar-refractivity contribution in [1.82, 2.24) is 15.2 Å². The summed E-state index contributed by atoms with van der Waals surface area (Å²) in [4.78, 5) is 49.8. The average Bonchev–Trinajstić information content (AvgIpc) is 2.75. The molecule has 0 bridgehead atoms. The Morgan fingerprint density at radius 1 is 1.00 bits per heavy atom. The lowest BCUT2D eigenvalue weighted by Gasteiger charge is -2.23. The van der Waals surface area contributed by atoms with Crippen LogP contribution >= 0.6 is 0 Å². The SMILES string of the molecule is Cc1ccc(-n2c(O)c(C(=O)NCC(=O)O)c(O)c(C(=O)NC3CCCCC3)c2=O)cc1C. The van der Waals surface area contributed by atoms with E-state index in [1.165, 1.54) is 6.07 Å². The summed E-state index contributed by atoms with van der Waals surface area (Å²) in [7, 11) is 0. The van der Waals surface area contributed by atoms with Gasteiger partial charge in [-0.05, 0) is 49.9 Å². The zero-order valence-electron chi connectivity index (χ0n) is 18.5. The van der Waals surface area contributed by atoms with Crippen molar-refractivity contribution in [1.29, 1.82) is 0 Å². The van der Waals surface area contributed by atoms with Crippen LogP contribution in [-0.2, 0) is 4.79 Å². The van der Waals surface area contributed by atoms with Gasteiger partial charge in [0.1, 0.15) is 17.7 Å². The van der Waals surface area contributed by atoms with Crippen LogP contribution in [0.5, 0.6) is 11.6 Å². The van der Waals surface area contributed by atoms with Crippen molar-refractivity contribution in [3.8, 4) is 17.3 Å². The highest BCUT2D eigenvalue weighted by Crippen LogP contribution is 2.31. The number of hydrogen-bond donors (Lipinski definition) is 5. The van der Waals surface area contributed by atoms with Gasteiger partial charge < -0.3 is 26.0 Å². The summed E-state index contributed by atoms with van der Waals surface area (Å²) in [5.41, 5.74) is -0.576. The van der Waals surface area contributed by atoms with Gasteiger partial charge in [-0.2, -0.15) is 0 Å². The van der Waals surface area contributed by atoms with E-state index in [0.29, 0.717) is 0 Å². The Labute approximate surface area is 189 Å². The Balaban J connectivity index is 2.18. The van der Waals surface area contributed by atoms with Crippen molar-refractivity contribution in [2.45, 2.75) is 52.0 Å². The molecule has 5 N–H and O–H groups in total. The zero-order valence-corrected chi connectivity index (χ0v) is 18.5. The lowest BCUT2D eigenvalue weighted by molar-refractivity contribution is -0.135.